The highest BCUT2D eigenvalue weighted by molar-refractivity contribution is 8.18. The lowest BCUT2D eigenvalue weighted by Crippen LogP contribution is -2.27. The Morgan fingerprint density at radius 1 is 1.13 bits per heavy atom. The van der Waals surface area contributed by atoms with E-state index in [2.05, 4.69) is 0 Å². The van der Waals surface area contributed by atoms with Gasteiger partial charge in [0.1, 0.15) is 0 Å². The van der Waals surface area contributed by atoms with E-state index in [4.69, 9.17) is 21.1 Å². The standard InChI is InChI=1S/C21H19ClN2O6S/c1-3-29-17-10-14(9-16(22)19(17)30-4-2)11-18-20(25)23(21(26)31-18)12-13-5-7-15(8-6-13)24(27)28/h5-11H,3-4,12H2,1-2H3/b18-11+. The Hall–Kier alpha value is -3.04. The van der Waals surface area contributed by atoms with Gasteiger partial charge >= 0.3 is 0 Å². The zero-order chi connectivity index (χ0) is 22.5. The summed E-state index contributed by atoms with van der Waals surface area (Å²) in [7, 11) is 0. The molecular formula is C21H19ClN2O6S. The predicted octanol–water partition coefficient (Wildman–Crippen LogP) is 5.28. The van der Waals surface area contributed by atoms with Crippen LogP contribution in [0.5, 0.6) is 11.5 Å². The summed E-state index contributed by atoms with van der Waals surface area (Å²) in [6.07, 6.45) is 1.57. The second kappa shape index (κ2) is 9.84. The molecule has 0 spiro atoms. The summed E-state index contributed by atoms with van der Waals surface area (Å²) in [6, 6.07) is 9.05. The molecule has 1 fully saturated rings. The smallest absolute Gasteiger partial charge is 0.293 e. The van der Waals surface area contributed by atoms with Crippen LogP contribution in [0.15, 0.2) is 41.3 Å². The molecular weight excluding hydrogens is 444 g/mol. The van der Waals surface area contributed by atoms with Gasteiger partial charge in [0, 0.05) is 12.1 Å². The fourth-order valence-electron chi connectivity index (χ4n) is 2.91. The molecule has 2 aromatic rings. The first-order valence-corrected chi connectivity index (χ1v) is 10.6. The van der Waals surface area contributed by atoms with Gasteiger partial charge < -0.3 is 9.47 Å². The number of nitro benzene ring substituents is 1. The van der Waals surface area contributed by atoms with Crippen molar-refractivity contribution in [3.8, 4) is 11.5 Å². The van der Waals surface area contributed by atoms with E-state index in [1.165, 1.54) is 24.3 Å². The molecule has 162 valence electrons. The number of imide groups is 1. The monoisotopic (exact) mass is 462 g/mol. The lowest BCUT2D eigenvalue weighted by atomic mass is 10.1. The zero-order valence-electron chi connectivity index (χ0n) is 16.8. The molecule has 10 heteroatoms. The first kappa shape index (κ1) is 22.6. The molecule has 8 nitrogen and oxygen atoms in total. The predicted molar refractivity (Wildman–Crippen MR) is 118 cm³/mol. The van der Waals surface area contributed by atoms with Gasteiger partial charge in [-0.3, -0.25) is 24.6 Å². The van der Waals surface area contributed by atoms with Crippen molar-refractivity contribution < 1.29 is 24.0 Å². The van der Waals surface area contributed by atoms with Crippen molar-refractivity contribution in [2.75, 3.05) is 13.2 Å². The minimum Gasteiger partial charge on any atom is -0.490 e. The summed E-state index contributed by atoms with van der Waals surface area (Å²) in [5.74, 6) is 0.430. The Labute approximate surface area is 187 Å². The van der Waals surface area contributed by atoms with Gasteiger partial charge in [0.25, 0.3) is 16.8 Å². The number of nitro groups is 1. The fraction of sp³-hybridized carbons (Fsp3) is 0.238. The van der Waals surface area contributed by atoms with Crippen molar-refractivity contribution >= 4 is 46.3 Å². The lowest BCUT2D eigenvalue weighted by Gasteiger charge is -2.13. The molecule has 0 N–H and O–H groups in total. The van der Waals surface area contributed by atoms with Crippen molar-refractivity contribution in [1.82, 2.24) is 4.90 Å². The van der Waals surface area contributed by atoms with Crippen LogP contribution in [-0.2, 0) is 11.3 Å². The normalized spacial score (nSPS) is 14.9. The third-order valence-electron chi connectivity index (χ3n) is 4.28. The SMILES string of the molecule is CCOc1cc(/C=C2/SC(=O)N(Cc3ccc([N+](=O)[O-])cc3)C2=O)cc(Cl)c1OCC. The quantitative estimate of drug-likeness (QED) is 0.299. The van der Waals surface area contributed by atoms with Crippen LogP contribution in [0.4, 0.5) is 10.5 Å². The van der Waals surface area contributed by atoms with Gasteiger partial charge in [0.15, 0.2) is 11.5 Å². The van der Waals surface area contributed by atoms with Crippen molar-refractivity contribution in [3.05, 3.63) is 67.6 Å². The molecule has 1 aliphatic rings. The summed E-state index contributed by atoms with van der Waals surface area (Å²) in [5, 5.41) is 10.7. The van der Waals surface area contributed by atoms with E-state index in [1.807, 2.05) is 13.8 Å². The van der Waals surface area contributed by atoms with Crippen molar-refractivity contribution in [2.24, 2.45) is 0 Å². The van der Waals surface area contributed by atoms with Crippen LogP contribution in [0.25, 0.3) is 6.08 Å². The van der Waals surface area contributed by atoms with Gasteiger partial charge in [-0.1, -0.05) is 23.7 Å². The lowest BCUT2D eigenvalue weighted by molar-refractivity contribution is -0.384. The topological polar surface area (TPSA) is 99.0 Å². The molecule has 1 aliphatic heterocycles. The largest absolute Gasteiger partial charge is 0.490 e. The highest BCUT2D eigenvalue weighted by atomic mass is 35.5. The molecule has 2 amide bonds. The molecule has 2 aromatic carbocycles. The minimum atomic E-state index is -0.509. The number of rotatable bonds is 8. The van der Waals surface area contributed by atoms with E-state index >= 15 is 0 Å². The average Bonchev–Trinajstić information content (AvgIpc) is 2.98. The number of hydrogen-bond donors (Lipinski definition) is 0. The second-order valence-corrected chi connectivity index (χ2v) is 7.79. The Morgan fingerprint density at radius 3 is 2.42 bits per heavy atom. The number of ether oxygens (including phenoxy) is 2. The van der Waals surface area contributed by atoms with E-state index in [-0.39, 0.29) is 17.1 Å². The Morgan fingerprint density at radius 2 is 1.81 bits per heavy atom. The van der Waals surface area contributed by atoms with E-state index in [0.29, 0.717) is 40.9 Å². The van der Waals surface area contributed by atoms with Crippen LogP contribution in [0.1, 0.15) is 25.0 Å². The molecule has 0 aliphatic carbocycles. The number of hydrogen-bond acceptors (Lipinski definition) is 7. The van der Waals surface area contributed by atoms with E-state index < -0.39 is 16.1 Å². The van der Waals surface area contributed by atoms with Crippen LogP contribution in [0, 0.1) is 10.1 Å². The molecule has 0 unspecified atom stereocenters. The summed E-state index contributed by atoms with van der Waals surface area (Å²) < 4.78 is 11.1. The van der Waals surface area contributed by atoms with E-state index in [0.717, 1.165) is 16.7 Å². The summed E-state index contributed by atoms with van der Waals surface area (Å²) in [4.78, 5) is 36.8. The third-order valence-corrected chi connectivity index (χ3v) is 5.47. The molecule has 0 aromatic heterocycles. The molecule has 0 radical (unpaired) electrons. The highest BCUT2D eigenvalue weighted by Crippen LogP contribution is 2.39. The minimum absolute atomic E-state index is 0.0221. The van der Waals surface area contributed by atoms with Crippen molar-refractivity contribution in [3.63, 3.8) is 0 Å². The van der Waals surface area contributed by atoms with Crippen molar-refractivity contribution in [1.29, 1.82) is 0 Å². The maximum absolute atomic E-state index is 12.8. The summed E-state index contributed by atoms with van der Waals surface area (Å²) >= 11 is 7.14. The van der Waals surface area contributed by atoms with Gasteiger partial charge in [-0.25, -0.2) is 0 Å². The van der Waals surface area contributed by atoms with Gasteiger partial charge in [-0.05, 0) is 54.9 Å². The number of thioether (sulfide) groups is 1. The number of non-ortho nitro benzene ring substituents is 1. The number of halogens is 1. The van der Waals surface area contributed by atoms with Gasteiger partial charge in [0.2, 0.25) is 0 Å². The molecule has 1 saturated heterocycles. The van der Waals surface area contributed by atoms with Crippen LogP contribution >= 0.6 is 23.4 Å². The van der Waals surface area contributed by atoms with E-state index in [9.17, 15) is 19.7 Å². The number of nitrogens with zero attached hydrogens (tertiary/aromatic N) is 2. The van der Waals surface area contributed by atoms with Gasteiger partial charge in [0.05, 0.1) is 34.6 Å². The zero-order valence-corrected chi connectivity index (χ0v) is 18.4. The Kier molecular flexibility index (Phi) is 7.19. The van der Waals surface area contributed by atoms with Crippen molar-refractivity contribution in [2.45, 2.75) is 20.4 Å². The molecule has 0 saturated carbocycles. The molecule has 31 heavy (non-hydrogen) atoms. The van der Waals surface area contributed by atoms with Gasteiger partial charge in [-0.15, -0.1) is 0 Å². The number of carbonyl (C=O) groups excluding carboxylic acids is 2. The molecule has 1 heterocycles. The summed E-state index contributed by atoms with van der Waals surface area (Å²) in [5.41, 5.74) is 1.14. The average molecular weight is 463 g/mol. The molecule has 3 rings (SSSR count). The maximum Gasteiger partial charge on any atom is 0.293 e. The Bertz CT molecular complexity index is 1050. The first-order chi connectivity index (χ1) is 14.8. The Balaban J connectivity index is 1.83. The number of carbonyl (C=O) groups is 2. The van der Waals surface area contributed by atoms with Crippen LogP contribution in [-0.4, -0.2) is 34.2 Å². The second-order valence-electron chi connectivity index (χ2n) is 6.39. The van der Waals surface area contributed by atoms with Crippen LogP contribution in [0.3, 0.4) is 0 Å². The molecule has 0 atom stereocenters. The fourth-order valence-corrected chi connectivity index (χ4v) is 4.02. The number of amides is 2. The van der Waals surface area contributed by atoms with E-state index in [1.54, 1.807) is 18.2 Å². The maximum atomic E-state index is 12.8. The first-order valence-electron chi connectivity index (χ1n) is 9.41. The van der Waals surface area contributed by atoms with Crippen LogP contribution < -0.4 is 9.47 Å². The third kappa shape index (κ3) is 5.18. The number of benzene rings is 2. The molecule has 0 bridgehead atoms. The van der Waals surface area contributed by atoms with Crippen LogP contribution in [0.2, 0.25) is 5.02 Å². The van der Waals surface area contributed by atoms with Gasteiger partial charge in [-0.2, -0.15) is 0 Å². The summed E-state index contributed by atoms with van der Waals surface area (Å²) in [6.45, 7) is 4.52. The highest BCUT2D eigenvalue weighted by Gasteiger charge is 2.35.